The summed E-state index contributed by atoms with van der Waals surface area (Å²) in [4.78, 5) is 30.6. The highest BCUT2D eigenvalue weighted by Crippen LogP contribution is 2.05. The minimum Gasteiger partial charge on any atom is -0.464 e. The summed E-state index contributed by atoms with van der Waals surface area (Å²) in [5.74, 6) is -0.378. The summed E-state index contributed by atoms with van der Waals surface area (Å²) in [6.45, 7) is 4.08. The van der Waals surface area contributed by atoms with Gasteiger partial charge in [0.15, 0.2) is 5.69 Å². The summed E-state index contributed by atoms with van der Waals surface area (Å²) in [5.41, 5.74) is 0.0885. The largest absolute Gasteiger partial charge is 0.464 e. The Morgan fingerprint density at radius 2 is 2.17 bits per heavy atom. The van der Waals surface area contributed by atoms with Gasteiger partial charge in [0.05, 0.1) is 19.5 Å². The maximum atomic E-state index is 11.5. The van der Waals surface area contributed by atoms with Crippen molar-refractivity contribution in [3.05, 3.63) is 18.1 Å². The van der Waals surface area contributed by atoms with E-state index in [0.29, 0.717) is 12.4 Å². The van der Waals surface area contributed by atoms with Crippen LogP contribution in [-0.4, -0.2) is 41.5 Å². The van der Waals surface area contributed by atoms with Crippen molar-refractivity contribution >= 4 is 17.7 Å². The SMILES string of the molecule is CCNC(=O)C(C)Nc1cncc(C(=O)OC)n1. The lowest BCUT2D eigenvalue weighted by atomic mass is 10.3. The van der Waals surface area contributed by atoms with Gasteiger partial charge in [0, 0.05) is 6.54 Å². The standard InChI is InChI=1S/C11H16N4O3/c1-4-13-10(16)7(2)14-9-6-12-5-8(15-9)11(17)18-3/h5-7H,4H2,1-3H3,(H,13,16)(H,14,15). The van der Waals surface area contributed by atoms with E-state index in [1.165, 1.54) is 19.5 Å². The molecule has 2 N–H and O–H groups in total. The highest BCUT2D eigenvalue weighted by molar-refractivity contribution is 5.87. The van der Waals surface area contributed by atoms with E-state index >= 15 is 0 Å². The van der Waals surface area contributed by atoms with E-state index in [4.69, 9.17) is 0 Å². The number of nitrogens with zero attached hydrogens (tertiary/aromatic N) is 2. The van der Waals surface area contributed by atoms with Gasteiger partial charge in [-0.1, -0.05) is 0 Å². The van der Waals surface area contributed by atoms with Crippen molar-refractivity contribution in [1.29, 1.82) is 0 Å². The number of nitrogens with one attached hydrogen (secondary N) is 2. The van der Waals surface area contributed by atoms with Gasteiger partial charge in [0.2, 0.25) is 5.91 Å². The van der Waals surface area contributed by atoms with E-state index in [1.54, 1.807) is 6.92 Å². The molecule has 1 aromatic rings. The Balaban J connectivity index is 2.73. The molecule has 0 bridgehead atoms. The van der Waals surface area contributed by atoms with Crippen LogP contribution in [0.3, 0.4) is 0 Å². The van der Waals surface area contributed by atoms with Gasteiger partial charge in [-0.15, -0.1) is 0 Å². The van der Waals surface area contributed by atoms with Crippen LogP contribution in [0.2, 0.25) is 0 Å². The Morgan fingerprint density at radius 3 is 2.78 bits per heavy atom. The minimum atomic E-state index is -0.572. The number of esters is 1. The van der Waals surface area contributed by atoms with Crippen molar-refractivity contribution in [2.24, 2.45) is 0 Å². The van der Waals surface area contributed by atoms with Crippen molar-refractivity contribution in [2.45, 2.75) is 19.9 Å². The smallest absolute Gasteiger partial charge is 0.358 e. The number of carbonyl (C=O) groups excluding carboxylic acids is 2. The zero-order valence-corrected chi connectivity index (χ0v) is 10.6. The van der Waals surface area contributed by atoms with Gasteiger partial charge < -0.3 is 15.4 Å². The lowest BCUT2D eigenvalue weighted by Gasteiger charge is -2.13. The Hall–Kier alpha value is -2.18. The molecule has 0 aliphatic carbocycles. The molecular weight excluding hydrogens is 236 g/mol. The Kier molecular flexibility index (Phi) is 5.04. The Morgan fingerprint density at radius 1 is 1.44 bits per heavy atom. The molecule has 0 radical (unpaired) electrons. The number of rotatable bonds is 5. The fraction of sp³-hybridized carbons (Fsp3) is 0.455. The second-order valence-electron chi connectivity index (χ2n) is 3.54. The quantitative estimate of drug-likeness (QED) is 0.727. The second kappa shape index (κ2) is 6.53. The molecule has 1 atom stereocenters. The van der Waals surface area contributed by atoms with Crippen molar-refractivity contribution in [3.63, 3.8) is 0 Å². The lowest BCUT2D eigenvalue weighted by molar-refractivity contribution is -0.121. The first kappa shape index (κ1) is 13.9. The number of anilines is 1. The third kappa shape index (κ3) is 3.69. The second-order valence-corrected chi connectivity index (χ2v) is 3.54. The number of hydrogen-bond donors (Lipinski definition) is 2. The number of amides is 1. The van der Waals surface area contributed by atoms with Crippen LogP contribution in [0.25, 0.3) is 0 Å². The monoisotopic (exact) mass is 252 g/mol. The molecule has 7 nitrogen and oxygen atoms in total. The Labute approximate surface area is 105 Å². The van der Waals surface area contributed by atoms with Gasteiger partial charge >= 0.3 is 5.97 Å². The molecule has 0 aliphatic rings. The summed E-state index contributed by atoms with van der Waals surface area (Å²) in [6.07, 6.45) is 2.73. The first-order valence-corrected chi connectivity index (χ1v) is 5.53. The fourth-order valence-corrected chi connectivity index (χ4v) is 1.25. The molecule has 7 heteroatoms. The van der Waals surface area contributed by atoms with E-state index in [1.807, 2.05) is 6.92 Å². The first-order chi connectivity index (χ1) is 8.58. The summed E-state index contributed by atoms with van der Waals surface area (Å²) < 4.78 is 4.53. The highest BCUT2D eigenvalue weighted by Gasteiger charge is 2.14. The van der Waals surface area contributed by atoms with Gasteiger partial charge in [-0.05, 0) is 13.8 Å². The fourth-order valence-electron chi connectivity index (χ4n) is 1.25. The third-order valence-electron chi connectivity index (χ3n) is 2.14. The minimum absolute atomic E-state index is 0.0885. The van der Waals surface area contributed by atoms with Crippen LogP contribution < -0.4 is 10.6 Å². The molecule has 1 amide bonds. The van der Waals surface area contributed by atoms with E-state index in [-0.39, 0.29) is 11.6 Å². The summed E-state index contributed by atoms with van der Waals surface area (Å²) >= 11 is 0. The number of methoxy groups -OCH3 is 1. The van der Waals surface area contributed by atoms with Gasteiger partial charge in [-0.3, -0.25) is 9.78 Å². The van der Waals surface area contributed by atoms with Crippen molar-refractivity contribution in [3.8, 4) is 0 Å². The number of aromatic nitrogens is 2. The molecule has 0 saturated heterocycles. The average molecular weight is 252 g/mol. The maximum Gasteiger partial charge on any atom is 0.358 e. The summed E-state index contributed by atoms with van der Waals surface area (Å²) in [5, 5.41) is 5.53. The van der Waals surface area contributed by atoms with Crippen LogP contribution in [0, 0.1) is 0 Å². The van der Waals surface area contributed by atoms with Gasteiger partial charge in [-0.25, -0.2) is 9.78 Å². The topological polar surface area (TPSA) is 93.2 Å². The predicted octanol–water partition coefficient (Wildman–Crippen LogP) is 0.200. The normalized spacial score (nSPS) is 11.5. The number of hydrogen-bond acceptors (Lipinski definition) is 6. The molecule has 0 fully saturated rings. The molecule has 0 aromatic carbocycles. The van der Waals surface area contributed by atoms with Crippen LogP contribution in [0.15, 0.2) is 12.4 Å². The average Bonchev–Trinajstić information content (AvgIpc) is 2.38. The van der Waals surface area contributed by atoms with Crippen molar-refractivity contribution in [1.82, 2.24) is 15.3 Å². The van der Waals surface area contributed by atoms with Crippen LogP contribution in [0.5, 0.6) is 0 Å². The number of ether oxygens (including phenoxy) is 1. The molecule has 0 spiro atoms. The Bertz CT molecular complexity index is 436. The van der Waals surface area contributed by atoms with Crippen molar-refractivity contribution in [2.75, 3.05) is 19.0 Å². The highest BCUT2D eigenvalue weighted by atomic mass is 16.5. The van der Waals surface area contributed by atoms with E-state index in [2.05, 4.69) is 25.3 Å². The zero-order valence-electron chi connectivity index (χ0n) is 10.6. The maximum absolute atomic E-state index is 11.5. The van der Waals surface area contributed by atoms with E-state index in [0.717, 1.165) is 0 Å². The van der Waals surface area contributed by atoms with Gasteiger partial charge in [0.25, 0.3) is 0 Å². The third-order valence-corrected chi connectivity index (χ3v) is 2.14. The number of likely N-dealkylation sites (N-methyl/N-ethyl adjacent to an activating group) is 1. The molecule has 18 heavy (non-hydrogen) atoms. The molecule has 0 saturated carbocycles. The molecule has 98 valence electrons. The van der Waals surface area contributed by atoms with E-state index < -0.39 is 12.0 Å². The van der Waals surface area contributed by atoms with Gasteiger partial charge in [-0.2, -0.15) is 0 Å². The van der Waals surface area contributed by atoms with Crippen LogP contribution in [0.4, 0.5) is 5.82 Å². The van der Waals surface area contributed by atoms with Gasteiger partial charge in [0.1, 0.15) is 11.9 Å². The molecular formula is C11H16N4O3. The van der Waals surface area contributed by atoms with Crippen molar-refractivity contribution < 1.29 is 14.3 Å². The first-order valence-electron chi connectivity index (χ1n) is 5.53. The molecule has 1 unspecified atom stereocenters. The van der Waals surface area contributed by atoms with Crippen LogP contribution in [0.1, 0.15) is 24.3 Å². The molecule has 1 rings (SSSR count). The van der Waals surface area contributed by atoms with Crippen LogP contribution in [-0.2, 0) is 9.53 Å². The molecule has 0 aliphatic heterocycles. The summed E-state index contributed by atoms with van der Waals surface area (Å²) in [7, 11) is 1.27. The molecule has 1 heterocycles. The van der Waals surface area contributed by atoms with Crippen LogP contribution >= 0.6 is 0 Å². The number of carbonyl (C=O) groups is 2. The summed E-state index contributed by atoms with van der Waals surface area (Å²) in [6, 6.07) is -0.466. The predicted molar refractivity (Wildman–Crippen MR) is 65.1 cm³/mol. The molecule has 1 aromatic heterocycles. The van der Waals surface area contributed by atoms with E-state index in [9.17, 15) is 9.59 Å². The lowest BCUT2D eigenvalue weighted by Crippen LogP contribution is -2.37. The zero-order chi connectivity index (χ0) is 13.5.